The Kier molecular flexibility index (Phi) is 6.88. The minimum absolute atomic E-state index is 0.321. The van der Waals surface area contributed by atoms with Gasteiger partial charge in [-0.05, 0) is 67.4 Å². The number of anilines is 1. The Morgan fingerprint density at radius 3 is 2.50 bits per heavy atom. The molecular formula is C21H24F3N3S. The first-order valence-electron chi connectivity index (χ1n) is 9.57. The molecule has 1 aromatic heterocycles. The quantitative estimate of drug-likeness (QED) is 0.646. The Hall–Kier alpha value is -2.15. The Bertz CT molecular complexity index is 774. The first kappa shape index (κ1) is 20.6. The van der Waals surface area contributed by atoms with Crippen molar-refractivity contribution in [3.05, 3.63) is 59.9 Å². The Balaban J connectivity index is 1.72. The highest BCUT2D eigenvalue weighted by Crippen LogP contribution is 2.31. The number of pyridine rings is 1. The third-order valence-electron chi connectivity index (χ3n) is 5.11. The van der Waals surface area contributed by atoms with Crippen LogP contribution in [-0.4, -0.2) is 27.6 Å². The molecule has 0 saturated heterocycles. The lowest BCUT2D eigenvalue weighted by atomic mass is 9.94. The molecule has 0 atom stereocenters. The molecule has 0 spiro atoms. The maximum absolute atomic E-state index is 13.0. The first-order valence-corrected chi connectivity index (χ1v) is 9.98. The van der Waals surface area contributed by atoms with Gasteiger partial charge in [-0.15, -0.1) is 0 Å². The van der Waals surface area contributed by atoms with E-state index in [-0.39, 0.29) is 0 Å². The normalized spacial score (nSPS) is 15.2. The van der Waals surface area contributed by atoms with Gasteiger partial charge in [0.25, 0.3) is 0 Å². The van der Waals surface area contributed by atoms with Crippen LogP contribution in [-0.2, 0) is 12.6 Å². The zero-order valence-electron chi connectivity index (χ0n) is 15.6. The number of hydrogen-bond acceptors (Lipinski definition) is 2. The number of benzene rings is 1. The molecule has 2 aromatic rings. The van der Waals surface area contributed by atoms with Crippen LogP contribution in [0.15, 0.2) is 48.8 Å². The third kappa shape index (κ3) is 5.67. The summed E-state index contributed by atoms with van der Waals surface area (Å²) in [7, 11) is 0. The molecule has 0 unspecified atom stereocenters. The maximum atomic E-state index is 13.0. The first-order chi connectivity index (χ1) is 13.4. The minimum atomic E-state index is -4.37. The highest BCUT2D eigenvalue weighted by Gasteiger charge is 2.30. The van der Waals surface area contributed by atoms with E-state index in [4.69, 9.17) is 12.2 Å². The molecule has 3 nitrogen and oxygen atoms in total. The van der Waals surface area contributed by atoms with E-state index < -0.39 is 11.7 Å². The summed E-state index contributed by atoms with van der Waals surface area (Å²) < 4.78 is 39.0. The van der Waals surface area contributed by atoms with Crippen molar-refractivity contribution in [1.29, 1.82) is 0 Å². The van der Waals surface area contributed by atoms with Crippen LogP contribution in [0.5, 0.6) is 0 Å². The summed E-state index contributed by atoms with van der Waals surface area (Å²) >= 11 is 5.61. The largest absolute Gasteiger partial charge is 0.416 e. The number of rotatable bonds is 5. The fourth-order valence-electron chi connectivity index (χ4n) is 3.61. The molecule has 7 heteroatoms. The van der Waals surface area contributed by atoms with Crippen LogP contribution in [0.4, 0.5) is 18.9 Å². The van der Waals surface area contributed by atoms with Crippen molar-refractivity contribution >= 4 is 23.0 Å². The molecule has 1 saturated carbocycles. The van der Waals surface area contributed by atoms with E-state index in [2.05, 4.69) is 15.2 Å². The Labute approximate surface area is 169 Å². The van der Waals surface area contributed by atoms with Gasteiger partial charge in [0.2, 0.25) is 0 Å². The fraction of sp³-hybridized carbons (Fsp3) is 0.429. The second-order valence-electron chi connectivity index (χ2n) is 7.10. The smallest absolute Gasteiger partial charge is 0.346 e. The van der Waals surface area contributed by atoms with Crippen molar-refractivity contribution in [1.82, 2.24) is 9.88 Å². The van der Waals surface area contributed by atoms with Crippen LogP contribution in [0.2, 0.25) is 0 Å². The lowest BCUT2D eigenvalue weighted by Gasteiger charge is -2.36. The van der Waals surface area contributed by atoms with Gasteiger partial charge < -0.3 is 10.2 Å². The van der Waals surface area contributed by atoms with Gasteiger partial charge in [-0.3, -0.25) is 4.98 Å². The molecule has 0 radical (unpaired) electrons. The molecule has 1 N–H and O–H groups in total. The Morgan fingerprint density at radius 2 is 1.82 bits per heavy atom. The second-order valence-corrected chi connectivity index (χ2v) is 7.49. The van der Waals surface area contributed by atoms with E-state index >= 15 is 0 Å². The number of hydrogen-bond donors (Lipinski definition) is 1. The zero-order valence-corrected chi connectivity index (χ0v) is 16.4. The molecule has 0 aliphatic heterocycles. The lowest BCUT2D eigenvalue weighted by Crippen LogP contribution is -2.44. The summed E-state index contributed by atoms with van der Waals surface area (Å²) in [6.45, 7) is 0.722. The van der Waals surface area contributed by atoms with Gasteiger partial charge in [0.1, 0.15) is 0 Å². The van der Waals surface area contributed by atoms with Crippen molar-refractivity contribution < 1.29 is 13.2 Å². The van der Waals surface area contributed by atoms with Crippen molar-refractivity contribution in [2.24, 2.45) is 0 Å². The molecule has 3 rings (SSSR count). The number of aromatic nitrogens is 1. The third-order valence-corrected chi connectivity index (χ3v) is 5.44. The van der Waals surface area contributed by atoms with Crippen LogP contribution >= 0.6 is 12.2 Å². The number of nitrogens with one attached hydrogen (secondary N) is 1. The fourth-order valence-corrected chi connectivity index (χ4v) is 3.97. The van der Waals surface area contributed by atoms with E-state index in [9.17, 15) is 13.2 Å². The molecule has 150 valence electrons. The summed E-state index contributed by atoms with van der Waals surface area (Å²) in [6, 6.07) is 9.45. The molecule has 0 amide bonds. The topological polar surface area (TPSA) is 28.2 Å². The van der Waals surface area contributed by atoms with Crippen LogP contribution in [0.1, 0.15) is 43.2 Å². The predicted octanol–water partition coefficient (Wildman–Crippen LogP) is 5.67. The van der Waals surface area contributed by atoms with E-state index in [0.717, 1.165) is 56.3 Å². The van der Waals surface area contributed by atoms with Gasteiger partial charge in [0.15, 0.2) is 5.11 Å². The van der Waals surface area contributed by atoms with Crippen LogP contribution < -0.4 is 5.32 Å². The SMILES string of the molecule is FC(F)(F)c1cccc(NC(=S)N(CCc2ccncc2)C2CCCCC2)c1. The highest BCUT2D eigenvalue weighted by molar-refractivity contribution is 7.80. The summed E-state index contributed by atoms with van der Waals surface area (Å²) in [6.07, 6.45) is 5.61. The van der Waals surface area contributed by atoms with Gasteiger partial charge in [0.05, 0.1) is 5.56 Å². The van der Waals surface area contributed by atoms with Crippen molar-refractivity contribution in [3.8, 4) is 0 Å². The number of thiocarbonyl (C=S) groups is 1. The summed E-state index contributed by atoms with van der Waals surface area (Å²) in [5.41, 5.74) is 0.850. The monoisotopic (exact) mass is 407 g/mol. The summed E-state index contributed by atoms with van der Waals surface area (Å²) in [5, 5.41) is 3.52. The van der Waals surface area contributed by atoms with Gasteiger partial charge in [0, 0.05) is 30.7 Å². The average molecular weight is 408 g/mol. The number of nitrogens with zero attached hydrogens (tertiary/aromatic N) is 2. The molecule has 1 aromatic carbocycles. The molecule has 1 fully saturated rings. The highest BCUT2D eigenvalue weighted by atomic mass is 32.1. The van der Waals surface area contributed by atoms with Crippen LogP contribution in [0, 0.1) is 0 Å². The molecular weight excluding hydrogens is 383 g/mol. The van der Waals surface area contributed by atoms with Gasteiger partial charge >= 0.3 is 6.18 Å². The standard InChI is InChI=1S/C21H24F3N3S/c22-21(23,24)17-5-4-6-18(15-17)26-20(28)27(19-7-2-1-3-8-19)14-11-16-9-12-25-13-10-16/h4-6,9-10,12-13,15,19H,1-3,7-8,11,14H2,(H,26,28). The van der Waals surface area contributed by atoms with E-state index in [1.54, 1.807) is 18.5 Å². The van der Waals surface area contributed by atoms with Gasteiger partial charge in [-0.2, -0.15) is 13.2 Å². The number of halogens is 3. The van der Waals surface area contributed by atoms with Crippen LogP contribution in [0.25, 0.3) is 0 Å². The summed E-state index contributed by atoms with van der Waals surface area (Å²) in [4.78, 5) is 6.19. The Morgan fingerprint density at radius 1 is 1.11 bits per heavy atom. The van der Waals surface area contributed by atoms with Crippen molar-refractivity contribution in [3.63, 3.8) is 0 Å². The second kappa shape index (κ2) is 9.37. The van der Waals surface area contributed by atoms with E-state index in [1.165, 1.54) is 12.5 Å². The molecule has 0 bridgehead atoms. The predicted molar refractivity (Wildman–Crippen MR) is 109 cm³/mol. The molecule has 28 heavy (non-hydrogen) atoms. The van der Waals surface area contributed by atoms with E-state index in [1.807, 2.05) is 12.1 Å². The molecule has 1 aliphatic carbocycles. The molecule has 1 aliphatic rings. The van der Waals surface area contributed by atoms with E-state index in [0.29, 0.717) is 16.8 Å². The maximum Gasteiger partial charge on any atom is 0.416 e. The zero-order chi connectivity index (χ0) is 20.0. The van der Waals surface area contributed by atoms with Gasteiger partial charge in [-0.25, -0.2) is 0 Å². The van der Waals surface area contributed by atoms with Crippen LogP contribution in [0.3, 0.4) is 0 Å². The summed E-state index contributed by atoms with van der Waals surface area (Å²) in [5.74, 6) is 0. The molecule has 1 heterocycles. The van der Waals surface area contributed by atoms with Gasteiger partial charge in [-0.1, -0.05) is 25.3 Å². The minimum Gasteiger partial charge on any atom is -0.346 e. The van der Waals surface area contributed by atoms with Crippen molar-refractivity contribution in [2.75, 3.05) is 11.9 Å². The lowest BCUT2D eigenvalue weighted by molar-refractivity contribution is -0.137. The number of alkyl halides is 3. The van der Waals surface area contributed by atoms with Crippen molar-refractivity contribution in [2.45, 2.75) is 50.7 Å². The average Bonchev–Trinajstić information content (AvgIpc) is 2.69.